The topological polar surface area (TPSA) is 30.9 Å². The summed E-state index contributed by atoms with van der Waals surface area (Å²) in [5, 5.41) is 1.16. The minimum atomic E-state index is -0.309. The van der Waals surface area contributed by atoms with Crippen LogP contribution in [0.5, 0.6) is 5.75 Å². The number of benzene rings is 1. The van der Waals surface area contributed by atoms with Crippen molar-refractivity contribution in [3.8, 4) is 5.75 Å². The van der Waals surface area contributed by atoms with Crippen molar-refractivity contribution in [2.75, 3.05) is 39.5 Å². The summed E-state index contributed by atoms with van der Waals surface area (Å²) in [7, 11) is 0. The Bertz CT molecular complexity index is 482. The van der Waals surface area contributed by atoms with Gasteiger partial charge in [0.25, 0.3) is 0 Å². The maximum absolute atomic E-state index is 6.08. The molecule has 116 valence electrons. The largest absolute Gasteiger partial charge is 0.491 e. The average molecular weight is 332 g/mol. The van der Waals surface area contributed by atoms with Gasteiger partial charge >= 0.3 is 0 Å². The van der Waals surface area contributed by atoms with E-state index in [1.807, 2.05) is 0 Å². The Morgan fingerprint density at radius 1 is 1.14 bits per heavy atom. The maximum Gasteiger partial charge on any atom is 0.170 e. The normalized spacial score (nSPS) is 21.8. The fourth-order valence-corrected chi connectivity index (χ4v) is 3.24. The molecule has 2 aliphatic heterocycles. The van der Waals surface area contributed by atoms with Crippen LogP contribution in [0.2, 0.25) is 10.0 Å². The molecule has 0 aromatic heterocycles. The molecule has 3 rings (SSSR count). The van der Waals surface area contributed by atoms with Gasteiger partial charge in [0.15, 0.2) is 5.79 Å². The Balaban J connectivity index is 1.42. The molecule has 0 aliphatic carbocycles. The summed E-state index contributed by atoms with van der Waals surface area (Å²) in [6.07, 6.45) is 1.85. The third-order valence-electron chi connectivity index (χ3n) is 3.99. The van der Waals surface area contributed by atoms with Crippen LogP contribution in [0.4, 0.5) is 0 Å². The predicted molar refractivity (Wildman–Crippen MR) is 82.3 cm³/mol. The zero-order chi connectivity index (χ0) is 14.7. The molecule has 0 radical (unpaired) electrons. The molecule has 1 spiro atoms. The van der Waals surface area contributed by atoms with Gasteiger partial charge in [-0.15, -0.1) is 0 Å². The zero-order valence-corrected chi connectivity index (χ0v) is 13.3. The first-order valence-corrected chi connectivity index (χ1v) is 8.01. The zero-order valence-electron chi connectivity index (χ0n) is 11.8. The minimum Gasteiger partial charge on any atom is -0.491 e. The van der Waals surface area contributed by atoms with Gasteiger partial charge in [-0.25, -0.2) is 0 Å². The van der Waals surface area contributed by atoms with E-state index in [0.29, 0.717) is 22.4 Å². The summed E-state index contributed by atoms with van der Waals surface area (Å²) in [6, 6.07) is 5.27. The predicted octanol–water partition coefficient (Wildman–Crippen LogP) is 3.21. The third-order valence-corrected chi connectivity index (χ3v) is 4.52. The first-order valence-electron chi connectivity index (χ1n) is 7.25. The number of hydrogen-bond acceptors (Lipinski definition) is 4. The van der Waals surface area contributed by atoms with Crippen molar-refractivity contribution in [1.29, 1.82) is 0 Å². The van der Waals surface area contributed by atoms with Crippen molar-refractivity contribution < 1.29 is 14.2 Å². The molecular formula is C15H19Cl2NO3. The third kappa shape index (κ3) is 3.82. The van der Waals surface area contributed by atoms with E-state index in [0.717, 1.165) is 45.7 Å². The van der Waals surface area contributed by atoms with Crippen molar-refractivity contribution in [1.82, 2.24) is 4.90 Å². The molecule has 0 N–H and O–H groups in total. The highest BCUT2D eigenvalue weighted by molar-refractivity contribution is 6.35. The fraction of sp³-hybridized carbons (Fsp3) is 0.600. The van der Waals surface area contributed by atoms with Gasteiger partial charge in [0.1, 0.15) is 12.4 Å². The number of hydrogen-bond donors (Lipinski definition) is 0. The van der Waals surface area contributed by atoms with Crippen molar-refractivity contribution in [3.05, 3.63) is 28.2 Å². The van der Waals surface area contributed by atoms with E-state index in [2.05, 4.69) is 4.90 Å². The molecule has 0 saturated carbocycles. The molecule has 6 heteroatoms. The standard InChI is InChI=1S/C15H19Cl2NO3/c16-12-1-2-14(13(17)11-12)19-8-7-18-5-3-15(4-6-18)20-9-10-21-15/h1-2,11H,3-10H2. The summed E-state index contributed by atoms with van der Waals surface area (Å²) < 4.78 is 17.2. The SMILES string of the molecule is Clc1ccc(OCCN2CCC3(CC2)OCCO3)c(Cl)c1. The van der Waals surface area contributed by atoms with Crippen molar-refractivity contribution in [2.45, 2.75) is 18.6 Å². The summed E-state index contributed by atoms with van der Waals surface area (Å²) in [5.74, 6) is 0.369. The molecule has 2 aliphatic rings. The second-order valence-corrected chi connectivity index (χ2v) is 6.22. The van der Waals surface area contributed by atoms with Gasteiger partial charge in [0, 0.05) is 37.5 Å². The van der Waals surface area contributed by atoms with Gasteiger partial charge in [-0.05, 0) is 18.2 Å². The van der Waals surface area contributed by atoms with Crippen molar-refractivity contribution >= 4 is 23.2 Å². The van der Waals surface area contributed by atoms with Crippen molar-refractivity contribution in [3.63, 3.8) is 0 Å². The summed E-state index contributed by atoms with van der Waals surface area (Å²) in [4.78, 5) is 2.36. The quantitative estimate of drug-likeness (QED) is 0.847. The molecule has 1 aromatic carbocycles. The molecule has 2 heterocycles. The van der Waals surface area contributed by atoms with Crippen LogP contribution >= 0.6 is 23.2 Å². The lowest BCUT2D eigenvalue weighted by atomic mass is 10.0. The van der Waals surface area contributed by atoms with Gasteiger partial charge < -0.3 is 14.2 Å². The monoisotopic (exact) mass is 331 g/mol. The van der Waals surface area contributed by atoms with Crippen LogP contribution in [-0.4, -0.2) is 50.1 Å². The highest BCUT2D eigenvalue weighted by atomic mass is 35.5. The van der Waals surface area contributed by atoms with Crippen LogP contribution < -0.4 is 4.74 Å². The molecule has 4 nitrogen and oxygen atoms in total. The summed E-state index contributed by atoms with van der Waals surface area (Å²) >= 11 is 11.9. The van der Waals surface area contributed by atoms with Crippen molar-refractivity contribution in [2.24, 2.45) is 0 Å². The van der Waals surface area contributed by atoms with Gasteiger partial charge in [-0.1, -0.05) is 23.2 Å². The Hall–Kier alpha value is -0.520. The molecule has 2 saturated heterocycles. The number of ether oxygens (including phenoxy) is 3. The molecule has 21 heavy (non-hydrogen) atoms. The van der Waals surface area contributed by atoms with E-state index >= 15 is 0 Å². The van der Waals surface area contributed by atoms with Gasteiger partial charge in [0.05, 0.1) is 18.2 Å². The van der Waals surface area contributed by atoms with Gasteiger partial charge in [0.2, 0.25) is 0 Å². The molecular weight excluding hydrogens is 313 g/mol. The smallest absolute Gasteiger partial charge is 0.170 e. The van der Waals surface area contributed by atoms with Crippen LogP contribution in [0, 0.1) is 0 Å². The van der Waals surface area contributed by atoms with Crippen LogP contribution in [0.1, 0.15) is 12.8 Å². The molecule has 1 aromatic rings. The summed E-state index contributed by atoms with van der Waals surface area (Å²) in [6.45, 7) is 4.86. The van der Waals surface area contributed by atoms with Crippen LogP contribution in [0.25, 0.3) is 0 Å². The molecule has 0 atom stereocenters. The number of halogens is 2. The second-order valence-electron chi connectivity index (χ2n) is 5.37. The van der Waals surface area contributed by atoms with Gasteiger partial charge in [-0.2, -0.15) is 0 Å². The lowest BCUT2D eigenvalue weighted by Gasteiger charge is -2.37. The van der Waals surface area contributed by atoms with Crippen LogP contribution in [-0.2, 0) is 9.47 Å². The van der Waals surface area contributed by atoms with E-state index in [-0.39, 0.29) is 5.79 Å². The van der Waals surface area contributed by atoms with Crippen LogP contribution in [0.15, 0.2) is 18.2 Å². The average Bonchev–Trinajstić information content (AvgIpc) is 2.92. The lowest BCUT2D eigenvalue weighted by Crippen LogP contribution is -2.46. The Kier molecular flexibility index (Phi) is 4.92. The van der Waals surface area contributed by atoms with E-state index in [1.165, 1.54) is 0 Å². The Morgan fingerprint density at radius 2 is 1.86 bits per heavy atom. The fourth-order valence-electron chi connectivity index (χ4n) is 2.78. The molecule has 2 fully saturated rings. The number of rotatable bonds is 4. The number of nitrogens with zero attached hydrogens (tertiary/aromatic N) is 1. The number of piperidine rings is 1. The first kappa shape index (κ1) is 15.4. The highest BCUT2D eigenvalue weighted by Gasteiger charge is 2.39. The number of likely N-dealkylation sites (tertiary alicyclic amines) is 1. The lowest BCUT2D eigenvalue weighted by molar-refractivity contribution is -0.185. The Labute approximate surface area is 134 Å². The minimum absolute atomic E-state index is 0.309. The molecule has 0 bridgehead atoms. The van der Waals surface area contributed by atoms with E-state index in [4.69, 9.17) is 37.4 Å². The Morgan fingerprint density at radius 3 is 2.52 bits per heavy atom. The molecule has 0 unspecified atom stereocenters. The second kappa shape index (κ2) is 6.71. The molecule has 0 amide bonds. The first-order chi connectivity index (χ1) is 10.2. The van der Waals surface area contributed by atoms with Crippen LogP contribution in [0.3, 0.4) is 0 Å². The van der Waals surface area contributed by atoms with E-state index in [1.54, 1.807) is 18.2 Å². The summed E-state index contributed by atoms with van der Waals surface area (Å²) in [5.41, 5.74) is 0. The highest BCUT2D eigenvalue weighted by Crippen LogP contribution is 2.31. The maximum atomic E-state index is 6.08. The van der Waals surface area contributed by atoms with E-state index in [9.17, 15) is 0 Å². The van der Waals surface area contributed by atoms with E-state index < -0.39 is 0 Å². The van der Waals surface area contributed by atoms with Gasteiger partial charge in [-0.3, -0.25) is 4.90 Å².